The molecule has 1 heterocycles. The molecular weight excluding hydrogens is 236 g/mol. The molecular formula is C17H16O2. The van der Waals surface area contributed by atoms with Crippen LogP contribution in [0.15, 0.2) is 42.5 Å². The molecule has 0 unspecified atom stereocenters. The Hall–Kier alpha value is -2.09. The normalized spacial score (nSPS) is 13.5. The van der Waals surface area contributed by atoms with E-state index >= 15 is 0 Å². The number of Topliss-reactive ketones (excluding diaryl/α,β-unsaturated/α-hetero) is 1. The summed E-state index contributed by atoms with van der Waals surface area (Å²) in [6, 6.07) is 14.0. The van der Waals surface area contributed by atoms with Gasteiger partial charge in [0.2, 0.25) is 0 Å². The van der Waals surface area contributed by atoms with Crippen molar-refractivity contribution in [1.29, 1.82) is 0 Å². The summed E-state index contributed by atoms with van der Waals surface area (Å²) in [4.78, 5) is 11.5. The molecule has 0 saturated carbocycles. The maximum atomic E-state index is 11.5. The first-order valence-electron chi connectivity index (χ1n) is 6.62. The molecule has 0 fully saturated rings. The van der Waals surface area contributed by atoms with Gasteiger partial charge in [-0.15, -0.1) is 0 Å². The third kappa shape index (κ3) is 2.26. The summed E-state index contributed by atoms with van der Waals surface area (Å²) in [6.45, 7) is 2.37. The van der Waals surface area contributed by atoms with Gasteiger partial charge < -0.3 is 4.74 Å². The quantitative estimate of drug-likeness (QED) is 0.758. The summed E-state index contributed by atoms with van der Waals surface area (Å²) in [6.07, 6.45) is 2.14. The Morgan fingerprint density at radius 2 is 2.00 bits per heavy atom. The standard InChI is InChI=1S/C17H16O2/c1-12(18)14-6-2-7-15(11-14)16-9-3-5-13-8-4-10-19-17(13)16/h2-3,5-7,9,11H,4,8,10H2,1H3. The summed E-state index contributed by atoms with van der Waals surface area (Å²) in [5, 5.41) is 0. The minimum absolute atomic E-state index is 0.0903. The lowest BCUT2D eigenvalue weighted by Crippen LogP contribution is -2.09. The molecule has 0 atom stereocenters. The van der Waals surface area contributed by atoms with Crippen molar-refractivity contribution in [3.63, 3.8) is 0 Å². The average Bonchev–Trinajstić information content (AvgIpc) is 2.47. The molecule has 0 N–H and O–H groups in total. The maximum Gasteiger partial charge on any atom is 0.159 e. The zero-order valence-corrected chi connectivity index (χ0v) is 11.0. The zero-order valence-electron chi connectivity index (χ0n) is 11.0. The molecule has 0 aromatic heterocycles. The molecule has 0 amide bonds. The van der Waals surface area contributed by atoms with E-state index in [1.807, 2.05) is 24.3 Å². The molecule has 1 aliphatic heterocycles. The van der Waals surface area contributed by atoms with Crippen LogP contribution in [-0.4, -0.2) is 12.4 Å². The van der Waals surface area contributed by atoms with Gasteiger partial charge in [-0.2, -0.15) is 0 Å². The third-order valence-corrected chi connectivity index (χ3v) is 3.51. The Morgan fingerprint density at radius 3 is 2.84 bits per heavy atom. The van der Waals surface area contributed by atoms with Crippen molar-refractivity contribution in [2.75, 3.05) is 6.61 Å². The molecule has 0 bridgehead atoms. The van der Waals surface area contributed by atoms with E-state index in [1.165, 1.54) is 5.56 Å². The summed E-state index contributed by atoms with van der Waals surface area (Å²) in [5.41, 5.74) is 4.13. The summed E-state index contributed by atoms with van der Waals surface area (Å²) in [7, 11) is 0. The molecule has 0 spiro atoms. The molecule has 2 nitrogen and oxygen atoms in total. The Balaban J connectivity index is 2.12. The first kappa shape index (κ1) is 12.0. The Labute approximate surface area is 113 Å². The molecule has 0 saturated heterocycles. The number of fused-ring (bicyclic) bond motifs is 1. The summed E-state index contributed by atoms with van der Waals surface area (Å²) in [5.74, 6) is 1.07. The van der Waals surface area contributed by atoms with Crippen molar-refractivity contribution in [3.8, 4) is 16.9 Å². The highest BCUT2D eigenvalue weighted by atomic mass is 16.5. The van der Waals surface area contributed by atoms with E-state index in [4.69, 9.17) is 4.74 Å². The van der Waals surface area contributed by atoms with Crippen LogP contribution in [0.1, 0.15) is 29.3 Å². The van der Waals surface area contributed by atoms with E-state index in [0.29, 0.717) is 0 Å². The van der Waals surface area contributed by atoms with Gasteiger partial charge in [0.05, 0.1) is 6.61 Å². The average molecular weight is 252 g/mol. The van der Waals surface area contributed by atoms with Crippen molar-refractivity contribution < 1.29 is 9.53 Å². The first-order chi connectivity index (χ1) is 9.25. The van der Waals surface area contributed by atoms with Crippen LogP contribution in [0.3, 0.4) is 0 Å². The lowest BCUT2D eigenvalue weighted by Gasteiger charge is -2.20. The number of hydrogen-bond donors (Lipinski definition) is 0. The molecule has 19 heavy (non-hydrogen) atoms. The van der Waals surface area contributed by atoms with Gasteiger partial charge in [-0.05, 0) is 37.0 Å². The van der Waals surface area contributed by atoms with Crippen LogP contribution in [0.25, 0.3) is 11.1 Å². The number of aryl methyl sites for hydroxylation is 1. The van der Waals surface area contributed by atoms with Gasteiger partial charge in [-0.1, -0.05) is 36.4 Å². The van der Waals surface area contributed by atoms with Gasteiger partial charge in [0.1, 0.15) is 5.75 Å². The third-order valence-electron chi connectivity index (χ3n) is 3.51. The topological polar surface area (TPSA) is 26.3 Å². The number of ether oxygens (including phenoxy) is 1. The fourth-order valence-corrected chi connectivity index (χ4v) is 2.52. The predicted molar refractivity (Wildman–Crippen MR) is 75.7 cm³/mol. The molecule has 2 aromatic carbocycles. The van der Waals surface area contributed by atoms with E-state index in [1.54, 1.807) is 6.92 Å². The highest BCUT2D eigenvalue weighted by Crippen LogP contribution is 2.36. The molecule has 1 aliphatic rings. The van der Waals surface area contributed by atoms with Gasteiger partial charge in [0.15, 0.2) is 5.78 Å². The van der Waals surface area contributed by atoms with Gasteiger partial charge >= 0.3 is 0 Å². The number of carbonyl (C=O) groups is 1. The van der Waals surface area contributed by atoms with Crippen LogP contribution in [-0.2, 0) is 6.42 Å². The highest BCUT2D eigenvalue weighted by Gasteiger charge is 2.15. The van der Waals surface area contributed by atoms with Crippen molar-refractivity contribution in [2.24, 2.45) is 0 Å². The van der Waals surface area contributed by atoms with Crippen LogP contribution in [0.5, 0.6) is 5.75 Å². The van der Waals surface area contributed by atoms with E-state index in [-0.39, 0.29) is 5.78 Å². The molecule has 96 valence electrons. The van der Waals surface area contributed by atoms with Crippen LogP contribution >= 0.6 is 0 Å². The minimum Gasteiger partial charge on any atom is -0.493 e. The van der Waals surface area contributed by atoms with Crippen LogP contribution in [0.2, 0.25) is 0 Å². The van der Waals surface area contributed by atoms with E-state index in [0.717, 1.165) is 41.9 Å². The van der Waals surface area contributed by atoms with Gasteiger partial charge in [-0.3, -0.25) is 4.79 Å². The minimum atomic E-state index is 0.0903. The number of hydrogen-bond acceptors (Lipinski definition) is 2. The van der Waals surface area contributed by atoms with Crippen LogP contribution in [0.4, 0.5) is 0 Å². The lowest BCUT2D eigenvalue weighted by atomic mass is 9.96. The molecule has 2 aromatic rings. The van der Waals surface area contributed by atoms with Crippen molar-refractivity contribution in [2.45, 2.75) is 19.8 Å². The highest BCUT2D eigenvalue weighted by molar-refractivity contribution is 5.95. The van der Waals surface area contributed by atoms with Crippen molar-refractivity contribution in [3.05, 3.63) is 53.6 Å². The number of rotatable bonds is 2. The van der Waals surface area contributed by atoms with Crippen LogP contribution < -0.4 is 4.74 Å². The molecule has 2 heteroatoms. The fraction of sp³-hybridized carbons (Fsp3) is 0.235. The van der Waals surface area contributed by atoms with E-state index < -0.39 is 0 Å². The summed E-state index contributed by atoms with van der Waals surface area (Å²) < 4.78 is 5.82. The Morgan fingerprint density at radius 1 is 1.16 bits per heavy atom. The van der Waals surface area contributed by atoms with Gasteiger partial charge in [-0.25, -0.2) is 0 Å². The molecule has 0 radical (unpaired) electrons. The van der Waals surface area contributed by atoms with E-state index in [9.17, 15) is 4.79 Å². The number of para-hydroxylation sites is 1. The predicted octanol–water partition coefficient (Wildman–Crippen LogP) is 3.88. The van der Waals surface area contributed by atoms with Gasteiger partial charge in [0, 0.05) is 11.1 Å². The largest absolute Gasteiger partial charge is 0.493 e. The second-order valence-corrected chi connectivity index (χ2v) is 4.88. The fourth-order valence-electron chi connectivity index (χ4n) is 2.52. The van der Waals surface area contributed by atoms with Gasteiger partial charge in [0.25, 0.3) is 0 Å². The molecule has 0 aliphatic carbocycles. The second kappa shape index (κ2) is 4.88. The number of benzene rings is 2. The number of ketones is 1. The van der Waals surface area contributed by atoms with E-state index in [2.05, 4.69) is 18.2 Å². The smallest absolute Gasteiger partial charge is 0.159 e. The molecule has 3 rings (SSSR count). The first-order valence-corrected chi connectivity index (χ1v) is 6.62. The monoisotopic (exact) mass is 252 g/mol. The lowest BCUT2D eigenvalue weighted by molar-refractivity contribution is 0.101. The Kier molecular flexibility index (Phi) is 3.08. The van der Waals surface area contributed by atoms with Crippen LogP contribution in [0, 0.1) is 0 Å². The maximum absolute atomic E-state index is 11.5. The number of carbonyl (C=O) groups excluding carboxylic acids is 1. The summed E-state index contributed by atoms with van der Waals surface area (Å²) >= 11 is 0. The van der Waals surface area contributed by atoms with Crippen molar-refractivity contribution in [1.82, 2.24) is 0 Å². The Bertz CT molecular complexity index is 629. The zero-order chi connectivity index (χ0) is 13.2. The van der Waals surface area contributed by atoms with Crippen molar-refractivity contribution >= 4 is 5.78 Å². The SMILES string of the molecule is CC(=O)c1cccc(-c2cccc3c2OCCC3)c1. The second-order valence-electron chi connectivity index (χ2n) is 4.88.